The van der Waals surface area contributed by atoms with E-state index in [1.54, 1.807) is 11.3 Å². The first kappa shape index (κ1) is 24.6. The number of carbonyl (C=O) groups is 3. The molecular formula is C29H22N6O5. The Bertz CT molecular complexity index is 2080. The number of aldehydes is 1. The van der Waals surface area contributed by atoms with E-state index in [9.17, 15) is 24.3 Å². The van der Waals surface area contributed by atoms with E-state index in [0.29, 0.717) is 23.0 Å². The number of carboxylic acid groups (broad SMARTS) is 1. The van der Waals surface area contributed by atoms with Crippen molar-refractivity contribution in [1.82, 2.24) is 24.3 Å². The second kappa shape index (κ2) is 9.24. The molecule has 0 aliphatic heterocycles. The van der Waals surface area contributed by atoms with Crippen LogP contribution >= 0.6 is 0 Å². The number of rotatable bonds is 6. The van der Waals surface area contributed by atoms with E-state index >= 15 is 0 Å². The smallest absolute Gasteiger partial charge is 0.335 e. The SMILES string of the molecule is Cc1c(C=O)nc2c(=O)[nH]c3c4ccccc4c(-n4ccc(CNC(=O)c5cc(C(=O)O)ccc5N)c4)cc3n12. The third-order valence-electron chi connectivity index (χ3n) is 6.97. The fourth-order valence-electron chi connectivity index (χ4n) is 4.97. The molecule has 0 spiro atoms. The maximum Gasteiger partial charge on any atom is 0.335 e. The number of hydrogen-bond donors (Lipinski definition) is 4. The van der Waals surface area contributed by atoms with Crippen LogP contribution in [-0.4, -0.2) is 42.2 Å². The topological polar surface area (TPSA) is 165 Å². The number of imidazole rings is 1. The van der Waals surface area contributed by atoms with Crippen LogP contribution in [0.3, 0.4) is 0 Å². The number of nitrogens with two attached hydrogens (primary N) is 1. The summed E-state index contributed by atoms with van der Waals surface area (Å²) in [6, 6.07) is 15.4. The predicted molar refractivity (Wildman–Crippen MR) is 149 cm³/mol. The van der Waals surface area contributed by atoms with E-state index in [4.69, 9.17) is 5.73 Å². The van der Waals surface area contributed by atoms with E-state index in [1.165, 1.54) is 18.2 Å². The number of fused-ring (bicyclic) bond motifs is 5. The lowest BCUT2D eigenvalue weighted by Gasteiger charge is -2.13. The van der Waals surface area contributed by atoms with Gasteiger partial charge < -0.3 is 25.7 Å². The average Bonchev–Trinajstić information content (AvgIpc) is 3.56. The average molecular weight is 535 g/mol. The van der Waals surface area contributed by atoms with Gasteiger partial charge in [0.15, 0.2) is 6.29 Å². The minimum atomic E-state index is -1.15. The van der Waals surface area contributed by atoms with Crippen LogP contribution in [0.2, 0.25) is 0 Å². The van der Waals surface area contributed by atoms with Crippen molar-refractivity contribution >= 4 is 51.3 Å². The lowest BCUT2D eigenvalue weighted by atomic mass is 10.1. The van der Waals surface area contributed by atoms with Gasteiger partial charge in [-0.25, -0.2) is 9.78 Å². The van der Waals surface area contributed by atoms with Crippen molar-refractivity contribution in [2.75, 3.05) is 5.73 Å². The monoisotopic (exact) mass is 534 g/mol. The number of carbonyl (C=O) groups excluding carboxylic acids is 2. The van der Waals surface area contributed by atoms with Crippen molar-refractivity contribution in [1.29, 1.82) is 0 Å². The number of benzene rings is 3. The van der Waals surface area contributed by atoms with Gasteiger partial charge in [-0.3, -0.25) is 18.8 Å². The van der Waals surface area contributed by atoms with Crippen LogP contribution in [0, 0.1) is 6.92 Å². The summed E-state index contributed by atoms with van der Waals surface area (Å²) < 4.78 is 3.60. The Morgan fingerprint density at radius 3 is 2.65 bits per heavy atom. The third kappa shape index (κ3) is 3.88. The molecule has 0 aliphatic carbocycles. The van der Waals surface area contributed by atoms with Gasteiger partial charge >= 0.3 is 5.97 Å². The molecule has 40 heavy (non-hydrogen) atoms. The molecule has 3 aromatic heterocycles. The molecule has 0 bridgehead atoms. The number of H-pyrrole nitrogens is 1. The highest BCUT2D eigenvalue weighted by Crippen LogP contribution is 2.31. The van der Waals surface area contributed by atoms with Crippen molar-refractivity contribution < 1.29 is 19.5 Å². The number of anilines is 1. The lowest BCUT2D eigenvalue weighted by Crippen LogP contribution is -2.24. The minimum absolute atomic E-state index is 0.0301. The van der Waals surface area contributed by atoms with Crippen LogP contribution in [0.25, 0.3) is 33.1 Å². The Balaban J connectivity index is 1.41. The summed E-state index contributed by atoms with van der Waals surface area (Å²) in [5, 5.41) is 13.7. The third-order valence-corrected chi connectivity index (χ3v) is 6.97. The van der Waals surface area contributed by atoms with Crippen molar-refractivity contribution in [2.45, 2.75) is 13.5 Å². The molecule has 11 nitrogen and oxygen atoms in total. The molecule has 6 rings (SSSR count). The van der Waals surface area contributed by atoms with Crippen LogP contribution < -0.4 is 16.6 Å². The van der Waals surface area contributed by atoms with Crippen molar-refractivity contribution in [2.24, 2.45) is 0 Å². The number of aromatic nitrogens is 4. The van der Waals surface area contributed by atoms with Crippen LogP contribution in [0.5, 0.6) is 0 Å². The number of aromatic carboxylic acids is 1. The van der Waals surface area contributed by atoms with Gasteiger partial charge in [-0.05, 0) is 42.8 Å². The molecule has 0 saturated carbocycles. The molecule has 5 N–H and O–H groups in total. The van der Waals surface area contributed by atoms with Gasteiger partial charge in [-0.2, -0.15) is 0 Å². The number of nitrogens with zero attached hydrogens (tertiary/aromatic N) is 3. The Labute approximate surface area is 225 Å². The van der Waals surface area contributed by atoms with Gasteiger partial charge in [-0.15, -0.1) is 0 Å². The van der Waals surface area contributed by atoms with E-state index in [1.807, 2.05) is 53.4 Å². The molecule has 0 fully saturated rings. The maximum absolute atomic E-state index is 12.8. The Morgan fingerprint density at radius 2 is 1.90 bits per heavy atom. The van der Waals surface area contributed by atoms with E-state index in [2.05, 4.69) is 15.3 Å². The summed E-state index contributed by atoms with van der Waals surface area (Å²) in [5.41, 5.74) is 9.54. The first-order chi connectivity index (χ1) is 19.3. The van der Waals surface area contributed by atoms with Crippen LogP contribution in [0.1, 0.15) is 42.5 Å². The van der Waals surface area contributed by atoms with E-state index in [0.717, 1.165) is 22.0 Å². The summed E-state index contributed by atoms with van der Waals surface area (Å²) in [6.45, 7) is 1.92. The van der Waals surface area contributed by atoms with Gasteiger partial charge in [0, 0.05) is 35.4 Å². The van der Waals surface area contributed by atoms with Gasteiger partial charge in [0.25, 0.3) is 11.5 Å². The number of nitrogen functional groups attached to an aromatic ring is 1. The number of aromatic amines is 1. The van der Waals surface area contributed by atoms with Crippen LogP contribution in [0.4, 0.5) is 5.69 Å². The molecule has 6 aromatic rings. The second-order valence-corrected chi connectivity index (χ2v) is 9.37. The largest absolute Gasteiger partial charge is 0.478 e. The number of carboxylic acids is 1. The van der Waals surface area contributed by atoms with E-state index < -0.39 is 17.4 Å². The van der Waals surface area contributed by atoms with E-state index in [-0.39, 0.29) is 34.7 Å². The zero-order chi connectivity index (χ0) is 28.1. The van der Waals surface area contributed by atoms with Gasteiger partial charge in [-0.1, -0.05) is 24.3 Å². The molecule has 198 valence electrons. The molecule has 0 atom stereocenters. The van der Waals surface area contributed by atoms with Crippen LogP contribution in [-0.2, 0) is 6.54 Å². The fraction of sp³-hybridized carbons (Fsp3) is 0.0690. The first-order valence-electron chi connectivity index (χ1n) is 12.3. The quantitative estimate of drug-likeness (QED) is 0.144. The molecule has 11 heteroatoms. The van der Waals surface area contributed by atoms with Crippen molar-refractivity contribution in [3.63, 3.8) is 0 Å². The highest BCUT2D eigenvalue weighted by Gasteiger charge is 2.18. The molecule has 3 aromatic carbocycles. The molecule has 0 aliphatic rings. The van der Waals surface area contributed by atoms with Gasteiger partial charge in [0.2, 0.25) is 5.65 Å². The maximum atomic E-state index is 12.8. The summed E-state index contributed by atoms with van der Waals surface area (Å²) in [4.78, 5) is 55.6. The standard InChI is InChI=1S/C29H22N6O5/c1-15-22(14-36)32-26-28(38)33-25-19-5-3-2-4-18(19)23(11-24(25)35(15)26)34-9-8-16(13-34)12-31-27(37)20-10-17(29(39)40)6-7-21(20)30/h2-11,13-14H,12,30H2,1H3,(H,31,37)(H,33,38)(H,39,40). The minimum Gasteiger partial charge on any atom is -0.478 e. The predicted octanol–water partition coefficient (Wildman–Crippen LogP) is 3.45. The second-order valence-electron chi connectivity index (χ2n) is 9.37. The highest BCUT2D eigenvalue weighted by molar-refractivity contribution is 6.09. The number of hydrogen-bond acceptors (Lipinski definition) is 6. The zero-order valence-corrected chi connectivity index (χ0v) is 21.1. The molecule has 0 unspecified atom stereocenters. The lowest BCUT2D eigenvalue weighted by molar-refractivity contribution is 0.0696. The normalized spacial score (nSPS) is 11.3. The molecule has 3 heterocycles. The Kier molecular flexibility index (Phi) is 5.69. The summed E-state index contributed by atoms with van der Waals surface area (Å²) >= 11 is 0. The highest BCUT2D eigenvalue weighted by atomic mass is 16.4. The van der Waals surface area contributed by atoms with Gasteiger partial charge in [0.1, 0.15) is 5.69 Å². The zero-order valence-electron chi connectivity index (χ0n) is 21.1. The number of aryl methyl sites for hydroxylation is 1. The fourth-order valence-corrected chi connectivity index (χ4v) is 4.97. The number of amides is 1. The molecule has 0 radical (unpaired) electrons. The van der Waals surface area contributed by atoms with Crippen molar-refractivity contribution in [3.8, 4) is 5.69 Å². The summed E-state index contributed by atoms with van der Waals surface area (Å²) in [5.74, 6) is -1.64. The molecule has 1 amide bonds. The summed E-state index contributed by atoms with van der Waals surface area (Å²) in [7, 11) is 0. The summed E-state index contributed by atoms with van der Waals surface area (Å²) in [6.07, 6.45) is 4.36. The Hall–Kier alpha value is -5.71. The number of nitrogens with one attached hydrogen (secondary N) is 2. The van der Waals surface area contributed by atoms with Crippen LogP contribution in [0.15, 0.2) is 71.8 Å². The first-order valence-corrected chi connectivity index (χ1v) is 12.3. The Morgan fingerprint density at radius 1 is 1.12 bits per heavy atom. The molecular weight excluding hydrogens is 512 g/mol. The van der Waals surface area contributed by atoms with Gasteiger partial charge in [0.05, 0.1) is 33.5 Å². The molecule has 0 saturated heterocycles. The van der Waals surface area contributed by atoms with Crippen molar-refractivity contribution in [3.05, 3.63) is 105 Å².